The minimum atomic E-state index is -0.300. The highest BCUT2D eigenvalue weighted by molar-refractivity contribution is 5.89. The summed E-state index contributed by atoms with van der Waals surface area (Å²) in [5, 5.41) is 5.70. The zero-order valence-corrected chi connectivity index (χ0v) is 16.6. The summed E-state index contributed by atoms with van der Waals surface area (Å²) in [4.78, 5) is 14.3. The lowest BCUT2D eigenvalue weighted by atomic mass is 10.1. The number of anilines is 1. The molecule has 2 N–H and O–H groups in total. The third kappa shape index (κ3) is 7.26. The molecule has 0 radical (unpaired) electrons. The Morgan fingerprint density at radius 2 is 1.89 bits per heavy atom. The molecule has 0 heterocycles. The smallest absolute Gasteiger partial charge is 0.319 e. The number of ether oxygens (including phenoxy) is 2. The van der Waals surface area contributed by atoms with Gasteiger partial charge in [-0.05, 0) is 49.5 Å². The second kappa shape index (κ2) is 11.4. The number of methoxy groups -OCH3 is 1. The molecule has 2 rings (SSSR count). The number of halogens is 1. The molecule has 1 atom stereocenters. The molecular formula is C21H28FN3O3. The molecule has 6 nitrogen and oxygen atoms in total. The quantitative estimate of drug-likeness (QED) is 0.612. The van der Waals surface area contributed by atoms with E-state index in [1.807, 2.05) is 43.3 Å². The summed E-state index contributed by atoms with van der Waals surface area (Å²) >= 11 is 0. The Labute approximate surface area is 165 Å². The minimum absolute atomic E-state index is 0.0631. The zero-order chi connectivity index (χ0) is 20.4. The van der Waals surface area contributed by atoms with Crippen LogP contribution in [0.5, 0.6) is 0 Å². The van der Waals surface area contributed by atoms with Crippen molar-refractivity contribution in [3.63, 3.8) is 0 Å². The van der Waals surface area contributed by atoms with Gasteiger partial charge >= 0.3 is 6.03 Å². The van der Waals surface area contributed by atoms with E-state index >= 15 is 0 Å². The molecule has 0 spiro atoms. The van der Waals surface area contributed by atoms with E-state index in [0.717, 1.165) is 11.1 Å². The number of urea groups is 1. The Morgan fingerprint density at radius 1 is 1.14 bits per heavy atom. The molecule has 28 heavy (non-hydrogen) atoms. The molecule has 0 aliphatic rings. The van der Waals surface area contributed by atoms with Crippen LogP contribution in [-0.4, -0.2) is 51.9 Å². The summed E-state index contributed by atoms with van der Waals surface area (Å²) in [5.41, 5.74) is 2.59. The van der Waals surface area contributed by atoms with Gasteiger partial charge in [-0.2, -0.15) is 0 Å². The molecule has 0 aliphatic heterocycles. The maximum atomic E-state index is 13.1. The standard InChI is InChI=1S/C21H28FN3O3/c1-25(2)20(17-7-9-18(22)10-8-17)14-23-21(26)24-19-6-4-5-16(13-19)15-28-12-11-27-3/h4-10,13,20H,11-12,14-15H2,1-3H3,(H2,23,24,26). The molecule has 0 aromatic heterocycles. The molecule has 2 amide bonds. The van der Waals surface area contributed by atoms with E-state index < -0.39 is 0 Å². The average molecular weight is 389 g/mol. The first kappa shape index (κ1) is 21.8. The van der Waals surface area contributed by atoms with E-state index in [4.69, 9.17) is 9.47 Å². The first-order chi connectivity index (χ1) is 13.5. The normalized spacial score (nSPS) is 12.0. The average Bonchev–Trinajstić information content (AvgIpc) is 2.67. The van der Waals surface area contributed by atoms with Gasteiger partial charge in [0, 0.05) is 19.3 Å². The van der Waals surface area contributed by atoms with Crippen LogP contribution in [0.4, 0.5) is 14.9 Å². The van der Waals surface area contributed by atoms with Gasteiger partial charge in [0.15, 0.2) is 0 Å². The van der Waals surface area contributed by atoms with Gasteiger partial charge in [0.1, 0.15) is 5.82 Å². The first-order valence-electron chi connectivity index (χ1n) is 9.12. The summed E-state index contributed by atoms with van der Waals surface area (Å²) in [6, 6.07) is 13.4. The fraction of sp³-hybridized carbons (Fsp3) is 0.381. The molecule has 0 fully saturated rings. The molecule has 2 aromatic rings. The maximum Gasteiger partial charge on any atom is 0.319 e. The van der Waals surface area contributed by atoms with Gasteiger partial charge in [-0.3, -0.25) is 0 Å². The number of hydrogen-bond acceptors (Lipinski definition) is 4. The third-order valence-electron chi connectivity index (χ3n) is 4.22. The van der Waals surface area contributed by atoms with Gasteiger partial charge in [-0.15, -0.1) is 0 Å². The SMILES string of the molecule is COCCOCc1cccc(NC(=O)NCC(c2ccc(F)cc2)N(C)C)c1. The van der Waals surface area contributed by atoms with E-state index in [2.05, 4.69) is 10.6 Å². The van der Waals surface area contributed by atoms with Crippen molar-refractivity contribution >= 4 is 11.7 Å². The molecule has 0 bridgehead atoms. The van der Waals surface area contributed by atoms with E-state index in [0.29, 0.717) is 32.1 Å². The Kier molecular flexibility index (Phi) is 8.87. The van der Waals surface area contributed by atoms with Gasteiger partial charge in [0.25, 0.3) is 0 Å². The van der Waals surface area contributed by atoms with Crippen molar-refractivity contribution in [3.05, 3.63) is 65.5 Å². The number of benzene rings is 2. The van der Waals surface area contributed by atoms with E-state index in [9.17, 15) is 9.18 Å². The van der Waals surface area contributed by atoms with Crippen LogP contribution in [0.3, 0.4) is 0 Å². The van der Waals surface area contributed by atoms with Crippen LogP contribution in [0.25, 0.3) is 0 Å². The molecule has 0 saturated heterocycles. The molecule has 1 unspecified atom stereocenters. The van der Waals surface area contributed by atoms with E-state index in [1.54, 1.807) is 19.2 Å². The number of amides is 2. The predicted octanol–water partition coefficient (Wildman–Crippen LogP) is 3.41. The molecule has 0 saturated carbocycles. The Balaban J connectivity index is 1.87. The number of hydrogen-bond donors (Lipinski definition) is 2. The van der Waals surface area contributed by atoms with Crippen LogP contribution in [0.15, 0.2) is 48.5 Å². The Bertz CT molecular complexity index is 738. The van der Waals surface area contributed by atoms with Gasteiger partial charge in [-0.25, -0.2) is 9.18 Å². The topological polar surface area (TPSA) is 62.8 Å². The number of likely N-dealkylation sites (N-methyl/N-ethyl adjacent to an activating group) is 1. The second-order valence-electron chi connectivity index (χ2n) is 6.61. The number of rotatable bonds is 10. The molecule has 7 heteroatoms. The molecule has 0 aliphatic carbocycles. The second-order valence-corrected chi connectivity index (χ2v) is 6.61. The minimum Gasteiger partial charge on any atom is -0.382 e. The number of carbonyl (C=O) groups excluding carboxylic acids is 1. The van der Waals surface area contributed by atoms with Gasteiger partial charge in [-0.1, -0.05) is 24.3 Å². The van der Waals surface area contributed by atoms with Crippen molar-refractivity contribution in [2.45, 2.75) is 12.6 Å². The lowest BCUT2D eigenvalue weighted by Gasteiger charge is -2.25. The van der Waals surface area contributed by atoms with Crippen LogP contribution in [-0.2, 0) is 16.1 Å². The lowest BCUT2D eigenvalue weighted by Crippen LogP contribution is -2.36. The van der Waals surface area contributed by atoms with Gasteiger partial charge in [0.05, 0.1) is 25.9 Å². The van der Waals surface area contributed by atoms with Crippen molar-refractivity contribution in [3.8, 4) is 0 Å². The summed E-state index contributed by atoms with van der Waals surface area (Å²) < 4.78 is 23.6. The summed E-state index contributed by atoms with van der Waals surface area (Å²) in [7, 11) is 5.46. The Hall–Kier alpha value is -2.48. The molecule has 2 aromatic carbocycles. The molecular weight excluding hydrogens is 361 g/mol. The van der Waals surface area contributed by atoms with Crippen LogP contribution in [0.2, 0.25) is 0 Å². The Morgan fingerprint density at radius 3 is 2.57 bits per heavy atom. The highest BCUT2D eigenvalue weighted by Gasteiger charge is 2.15. The fourth-order valence-electron chi connectivity index (χ4n) is 2.72. The largest absolute Gasteiger partial charge is 0.382 e. The van der Waals surface area contributed by atoms with E-state index in [-0.39, 0.29) is 17.9 Å². The van der Waals surface area contributed by atoms with Crippen molar-refractivity contribution < 1.29 is 18.7 Å². The summed E-state index contributed by atoms with van der Waals surface area (Å²) in [5.74, 6) is -0.280. The number of carbonyl (C=O) groups is 1. The summed E-state index contributed by atoms with van der Waals surface area (Å²) in [6.45, 7) is 1.91. The maximum absolute atomic E-state index is 13.1. The fourth-order valence-corrected chi connectivity index (χ4v) is 2.72. The van der Waals surface area contributed by atoms with Gasteiger partial charge < -0.3 is 25.0 Å². The number of nitrogens with one attached hydrogen (secondary N) is 2. The van der Waals surface area contributed by atoms with Gasteiger partial charge in [0.2, 0.25) is 0 Å². The molecule has 152 valence electrons. The summed E-state index contributed by atoms with van der Waals surface area (Å²) in [6.07, 6.45) is 0. The van der Waals surface area contributed by atoms with Crippen molar-refractivity contribution in [1.29, 1.82) is 0 Å². The predicted molar refractivity (Wildman–Crippen MR) is 108 cm³/mol. The lowest BCUT2D eigenvalue weighted by molar-refractivity contribution is 0.0617. The van der Waals surface area contributed by atoms with Crippen molar-refractivity contribution in [2.75, 3.05) is 46.3 Å². The van der Waals surface area contributed by atoms with Crippen molar-refractivity contribution in [1.82, 2.24) is 10.2 Å². The van der Waals surface area contributed by atoms with Crippen LogP contribution in [0.1, 0.15) is 17.2 Å². The number of nitrogens with zero attached hydrogens (tertiary/aromatic N) is 1. The highest BCUT2D eigenvalue weighted by atomic mass is 19.1. The van der Waals surface area contributed by atoms with Crippen molar-refractivity contribution in [2.24, 2.45) is 0 Å². The zero-order valence-electron chi connectivity index (χ0n) is 16.6. The monoisotopic (exact) mass is 389 g/mol. The van der Waals surface area contributed by atoms with Crippen LogP contribution >= 0.6 is 0 Å². The first-order valence-corrected chi connectivity index (χ1v) is 9.12. The van der Waals surface area contributed by atoms with Crippen LogP contribution < -0.4 is 10.6 Å². The van der Waals surface area contributed by atoms with E-state index in [1.165, 1.54) is 12.1 Å². The third-order valence-corrected chi connectivity index (χ3v) is 4.22. The van der Waals surface area contributed by atoms with Crippen LogP contribution in [0, 0.1) is 5.82 Å². The highest BCUT2D eigenvalue weighted by Crippen LogP contribution is 2.18.